The molecule has 5 nitrogen and oxygen atoms in total. The summed E-state index contributed by atoms with van der Waals surface area (Å²) in [5, 5.41) is 3.02. The number of amides is 1. The number of carbonyl (C=O) groups excluding carboxylic acids is 1. The second-order valence-corrected chi connectivity index (χ2v) is 8.04. The molecule has 0 bridgehead atoms. The number of benzene rings is 2. The molecular formula is C24H29FN4O. The zero-order chi connectivity index (χ0) is 20.9. The topological polar surface area (TPSA) is 50.2 Å². The fourth-order valence-electron chi connectivity index (χ4n) is 4.15. The van der Waals surface area contributed by atoms with Gasteiger partial charge in [-0.25, -0.2) is 9.37 Å². The summed E-state index contributed by atoms with van der Waals surface area (Å²) < 4.78 is 15.4. The molecule has 1 atom stereocenters. The second kappa shape index (κ2) is 9.28. The Morgan fingerprint density at radius 3 is 2.80 bits per heavy atom. The van der Waals surface area contributed by atoms with Crippen molar-refractivity contribution in [1.82, 2.24) is 14.9 Å². The van der Waals surface area contributed by atoms with Crippen molar-refractivity contribution in [3.05, 3.63) is 59.9 Å². The summed E-state index contributed by atoms with van der Waals surface area (Å²) in [6.07, 6.45) is 4.07. The van der Waals surface area contributed by atoms with Crippen molar-refractivity contribution in [2.75, 3.05) is 18.0 Å². The Kier molecular flexibility index (Phi) is 6.31. The monoisotopic (exact) mass is 408 g/mol. The zero-order valence-electron chi connectivity index (χ0n) is 17.5. The van der Waals surface area contributed by atoms with Crippen molar-refractivity contribution in [3.63, 3.8) is 0 Å². The summed E-state index contributed by atoms with van der Waals surface area (Å²) in [6, 6.07) is 14.5. The average molecular weight is 409 g/mol. The van der Waals surface area contributed by atoms with E-state index in [1.54, 1.807) is 12.1 Å². The highest BCUT2D eigenvalue weighted by Crippen LogP contribution is 2.27. The molecule has 0 saturated carbocycles. The molecular weight excluding hydrogens is 379 g/mol. The van der Waals surface area contributed by atoms with Crippen molar-refractivity contribution in [3.8, 4) is 0 Å². The number of nitrogens with zero attached hydrogens (tertiary/aromatic N) is 3. The SMILES string of the molecule is CCCCn1c(N2CCC[C@H](C(=O)NCc3ccc(F)cc3)C2)nc2ccccc21. The Morgan fingerprint density at radius 2 is 2.00 bits per heavy atom. The summed E-state index contributed by atoms with van der Waals surface area (Å²) in [5.74, 6) is 0.693. The number of nitrogens with one attached hydrogen (secondary N) is 1. The van der Waals surface area contributed by atoms with Gasteiger partial charge in [0.25, 0.3) is 0 Å². The third-order valence-electron chi connectivity index (χ3n) is 5.82. The lowest BCUT2D eigenvalue weighted by atomic mass is 9.97. The quantitative estimate of drug-likeness (QED) is 0.626. The highest BCUT2D eigenvalue weighted by atomic mass is 19.1. The first kappa shape index (κ1) is 20.4. The van der Waals surface area contributed by atoms with Crippen LogP contribution in [0.15, 0.2) is 48.5 Å². The van der Waals surface area contributed by atoms with Crippen LogP contribution in [0.3, 0.4) is 0 Å². The molecule has 1 fully saturated rings. The number of aromatic nitrogens is 2. The predicted molar refractivity (Wildman–Crippen MR) is 118 cm³/mol. The van der Waals surface area contributed by atoms with E-state index in [1.165, 1.54) is 12.1 Å². The highest BCUT2D eigenvalue weighted by Gasteiger charge is 2.28. The predicted octanol–water partition coefficient (Wildman–Crippen LogP) is 4.51. The van der Waals surface area contributed by atoms with E-state index in [0.717, 1.165) is 61.3 Å². The van der Waals surface area contributed by atoms with E-state index in [0.29, 0.717) is 13.1 Å². The number of carbonyl (C=O) groups is 1. The first-order valence-corrected chi connectivity index (χ1v) is 10.9. The average Bonchev–Trinajstić information content (AvgIpc) is 3.16. The van der Waals surface area contributed by atoms with E-state index < -0.39 is 0 Å². The molecule has 2 aromatic carbocycles. The van der Waals surface area contributed by atoms with Gasteiger partial charge in [0.15, 0.2) is 0 Å². The Balaban J connectivity index is 1.47. The maximum atomic E-state index is 13.1. The molecule has 1 aliphatic heterocycles. The zero-order valence-corrected chi connectivity index (χ0v) is 17.5. The van der Waals surface area contributed by atoms with Crippen LogP contribution >= 0.6 is 0 Å². The van der Waals surface area contributed by atoms with Crippen LogP contribution in [0.5, 0.6) is 0 Å². The number of piperidine rings is 1. The van der Waals surface area contributed by atoms with Crippen LogP contribution in [0.2, 0.25) is 0 Å². The molecule has 30 heavy (non-hydrogen) atoms. The van der Waals surface area contributed by atoms with Gasteiger partial charge in [-0.15, -0.1) is 0 Å². The van der Waals surface area contributed by atoms with Gasteiger partial charge in [0.2, 0.25) is 11.9 Å². The lowest BCUT2D eigenvalue weighted by Gasteiger charge is -2.33. The van der Waals surface area contributed by atoms with E-state index in [9.17, 15) is 9.18 Å². The van der Waals surface area contributed by atoms with E-state index in [-0.39, 0.29) is 17.6 Å². The van der Waals surface area contributed by atoms with Gasteiger partial charge in [-0.2, -0.15) is 0 Å². The van der Waals surface area contributed by atoms with E-state index in [2.05, 4.69) is 39.9 Å². The van der Waals surface area contributed by atoms with Crippen LogP contribution in [0.1, 0.15) is 38.2 Å². The molecule has 0 spiro atoms. The molecule has 1 aromatic heterocycles. The fourth-order valence-corrected chi connectivity index (χ4v) is 4.15. The van der Waals surface area contributed by atoms with Crippen molar-refractivity contribution in [2.24, 2.45) is 5.92 Å². The maximum absolute atomic E-state index is 13.1. The van der Waals surface area contributed by atoms with Crippen molar-refractivity contribution in [2.45, 2.75) is 45.7 Å². The van der Waals surface area contributed by atoms with Gasteiger partial charge in [-0.05, 0) is 49.1 Å². The van der Waals surface area contributed by atoms with Gasteiger partial charge < -0.3 is 14.8 Å². The molecule has 1 saturated heterocycles. The molecule has 1 amide bonds. The van der Waals surface area contributed by atoms with Gasteiger partial charge in [0, 0.05) is 26.2 Å². The van der Waals surface area contributed by atoms with Crippen LogP contribution in [-0.4, -0.2) is 28.5 Å². The minimum absolute atomic E-state index is 0.0558. The van der Waals surface area contributed by atoms with Gasteiger partial charge in [-0.1, -0.05) is 37.6 Å². The van der Waals surface area contributed by atoms with Gasteiger partial charge >= 0.3 is 0 Å². The minimum Gasteiger partial charge on any atom is -0.352 e. The van der Waals surface area contributed by atoms with Gasteiger partial charge in [0.1, 0.15) is 5.82 Å². The molecule has 3 aromatic rings. The number of rotatable bonds is 7. The number of halogens is 1. The van der Waals surface area contributed by atoms with Crippen LogP contribution in [0, 0.1) is 11.7 Å². The molecule has 1 aliphatic rings. The van der Waals surface area contributed by atoms with Crippen LogP contribution < -0.4 is 10.2 Å². The molecule has 158 valence electrons. The fraction of sp³-hybridized carbons (Fsp3) is 0.417. The van der Waals surface area contributed by atoms with Crippen LogP contribution in [0.25, 0.3) is 11.0 Å². The van der Waals surface area contributed by atoms with Crippen molar-refractivity contribution >= 4 is 22.9 Å². The van der Waals surface area contributed by atoms with E-state index >= 15 is 0 Å². The van der Waals surface area contributed by atoms with E-state index in [4.69, 9.17) is 4.98 Å². The number of hydrogen-bond acceptors (Lipinski definition) is 3. The lowest BCUT2D eigenvalue weighted by molar-refractivity contribution is -0.125. The first-order valence-electron chi connectivity index (χ1n) is 10.9. The Bertz CT molecular complexity index is 998. The normalized spacial score (nSPS) is 16.7. The number of para-hydroxylation sites is 2. The summed E-state index contributed by atoms with van der Waals surface area (Å²) >= 11 is 0. The minimum atomic E-state index is -0.265. The smallest absolute Gasteiger partial charge is 0.225 e. The maximum Gasteiger partial charge on any atom is 0.225 e. The number of hydrogen-bond donors (Lipinski definition) is 1. The number of fused-ring (bicyclic) bond motifs is 1. The van der Waals surface area contributed by atoms with Gasteiger partial charge in [-0.3, -0.25) is 4.79 Å². The third-order valence-corrected chi connectivity index (χ3v) is 5.82. The summed E-state index contributed by atoms with van der Waals surface area (Å²) in [6.45, 7) is 5.14. The molecule has 6 heteroatoms. The van der Waals surface area contributed by atoms with Crippen molar-refractivity contribution < 1.29 is 9.18 Å². The highest BCUT2D eigenvalue weighted by molar-refractivity contribution is 5.81. The Labute approximate surface area is 176 Å². The Morgan fingerprint density at radius 1 is 1.20 bits per heavy atom. The number of unbranched alkanes of at least 4 members (excludes halogenated alkanes) is 1. The summed E-state index contributed by atoms with van der Waals surface area (Å²) in [4.78, 5) is 20.0. The van der Waals surface area contributed by atoms with E-state index in [1.807, 2.05) is 6.07 Å². The van der Waals surface area contributed by atoms with Crippen molar-refractivity contribution in [1.29, 1.82) is 0 Å². The van der Waals surface area contributed by atoms with Gasteiger partial charge in [0.05, 0.1) is 17.0 Å². The number of anilines is 1. The molecule has 2 heterocycles. The number of aryl methyl sites for hydroxylation is 1. The lowest BCUT2D eigenvalue weighted by Crippen LogP contribution is -2.43. The molecule has 1 N–H and O–H groups in total. The summed E-state index contributed by atoms with van der Waals surface area (Å²) in [7, 11) is 0. The standard InChI is InChI=1S/C24H29FN4O/c1-2-3-15-29-22-9-5-4-8-21(22)27-24(29)28-14-6-7-19(17-28)23(30)26-16-18-10-12-20(25)13-11-18/h4-5,8-13,19H,2-3,6-7,14-17H2,1H3,(H,26,30)/t19-/m0/s1. The molecule has 0 radical (unpaired) electrons. The summed E-state index contributed by atoms with van der Waals surface area (Å²) in [5.41, 5.74) is 3.06. The van der Waals surface area contributed by atoms with Crippen LogP contribution in [-0.2, 0) is 17.9 Å². The molecule has 0 aliphatic carbocycles. The second-order valence-electron chi connectivity index (χ2n) is 8.04. The molecule has 0 unspecified atom stereocenters. The first-order chi connectivity index (χ1) is 14.7. The Hall–Kier alpha value is -2.89. The van der Waals surface area contributed by atoms with Crippen LogP contribution in [0.4, 0.5) is 10.3 Å². The number of imidazole rings is 1. The third kappa shape index (κ3) is 4.48. The largest absolute Gasteiger partial charge is 0.352 e. The molecule has 4 rings (SSSR count).